The van der Waals surface area contributed by atoms with E-state index in [0.717, 1.165) is 10.4 Å². The van der Waals surface area contributed by atoms with Crippen LogP contribution < -0.4 is 0 Å². The van der Waals surface area contributed by atoms with Gasteiger partial charge in [0.25, 0.3) is 0 Å². The Morgan fingerprint density at radius 1 is 1.28 bits per heavy atom. The molecule has 0 atom stereocenters. The zero-order valence-electron chi connectivity index (χ0n) is 13.5. The van der Waals surface area contributed by atoms with Gasteiger partial charge < -0.3 is 9.32 Å². The quantitative estimate of drug-likeness (QED) is 0.559. The molecule has 0 fully saturated rings. The molecule has 4 nitrogen and oxygen atoms in total. The van der Waals surface area contributed by atoms with E-state index in [9.17, 15) is 4.79 Å². The summed E-state index contributed by atoms with van der Waals surface area (Å²) >= 11 is 7.43. The van der Waals surface area contributed by atoms with Crippen LogP contribution in [-0.2, 0) is 17.8 Å². The highest BCUT2D eigenvalue weighted by atomic mass is 35.5. The topological polar surface area (TPSA) is 46.3 Å². The molecule has 0 saturated carbocycles. The molecule has 6 heteroatoms. The zero-order valence-corrected chi connectivity index (χ0v) is 15.1. The molecule has 0 saturated heterocycles. The molecular weight excluding hydrogens is 356 g/mol. The highest BCUT2D eigenvalue weighted by Crippen LogP contribution is 2.23. The first-order valence-electron chi connectivity index (χ1n) is 7.78. The predicted molar refractivity (Wildman–Crippen MR) is 101 cm³/mol. The van der Waals surface area contributed by atoms with Crippen molar-refractivity contribution in [3.8, 4) is 11.5 Å². The van der Waals surface area contributed by atoms with E-state index in [4.69, 9.17) is 16.0 Å². The summed E-state index contributed by atoms with van der Waals surface area (Å²) < 4.78 is 6.21. The van der Waals surface area contributed by atoms with Gasteiger partial charge in [0, 0.05) is 17.0 Å². The van der Waals surface area contributed by atoms with Gasteiger partial charge in [0.2, 0.25) is 11.8 Å². The number of halogens is 1. The fourth-order valence-corrected chi connectivity index (χ4v) is 3.51. The third-order valence-electron chi connectivity index (χ3n) is 3.58. The molecule has 25 heavy (non-hydrogen) atoms. The van der Waals surface area contributed by atoms with Gasteiger partial charge in [-0.05, 0) is 24.3 Å². The van der Waals surface area contributed by atoms with Crippen molar-refractivity contribution in [2.45, 2.75) is 13.0 Å². The molecule has 0 bridgehead atoms. The molecule has 0 radical (unpaired) electrons. The summed E-state index contributed by atoms with van der Waals surface area (Å²) in [6.07, 6.45) is 3.43. The predicted octanol–water partition coefficient (Wildman–Crippen LogP) is 4.81. The van der Waals surface area contributed by atoms with Crippen LogP contribution in [0.3, 0.4) is 0 Å². The summed E-state index contributed by atoms with van der Waals surface area (Å²) in [7, 11) is 0. The largest absolute Gasteiger partial charge is 0.444 e. The van der Waals surface area contributed by atoms with Crippen molar-refractivity contribution >= 4 is 28.8 Å². The van der Waals surface area contributed by atoms with Gasteiger partial charge in [-0.2, -0.15) is 0 Å². The second-order valence-corrected chi connectivity index (χ2v) is 7.26. The number of hydrogen-bond donors (Lipinski definition) is 0. The molecule has 1 aromatic carbocycles. The Morgan fingerprint density at radius 3 is 2.76 bits per heavy atom. The molecule has 0 spiro atoms. The Balaban J connectivity index is 1.68. The van der Waals surface area contributed by atoms with Crippen molar-refractivity contribution in [3.05, 3.63) is 76.3 Å². The van der Waals surface area contributed by atoms with Crippen LogP contribution in [0.25, 0.3) is 11.5 Å². The Morgan fingerprint density at radius 2 is 2.08 bits per heavy atom. The zero-order chi connectivity index (χ0) is 17.6. The van der Waals surface area contributed by atoms with E-state index >= 15 is 0 Å². The lowest BCUT2D eigenvalue weighted by molar-refractivity contribution is -0.130. The average Bonchev–Trinajstić information content (AvgIpc) is 3.24. The van der Waals surface area contributed by atoms with Crippen LogP contribution in [0.2, 0.25) is 4.34 Å². The monoisotopic (exact) mass is 372 g/mol. The van der Waals surface area contributed by atoms with Gasteiger partial charge in [0.1, 0.15) is 6.26 Å². The van der Waals surface area contributed by atoms with Crippen LogP contribution in [0.5, 0.6) is 0 Å². The van der Waals surface area contributed by atoms with E-state index in [0.29, 0.717) is 29.0 Å². The van der Waals surface area contributed by atoms with E-state index < -0.39 is 0 Å². The lowest BCUT2D eigenvalue weighted by Gasteiger charge is -2.19. The smallest absolute Gasteiger partial charge is 0.229 e. The standard InChI is InChI=1S/C19H17ClN2O2S/c1-2-10-22(12-16-8-9-17(20)25-16)18(23)11-15-13-24-19(21-15)14-6-4-3-5-7-14/h2-9,13H,1,10-12H2. The molecule has 2 heterocycles. The summed E-state index contributed by atoms with van der Waals surface area (Å²) in [5.41, 5.74) is 1.50. The van der Waals surface area contributed by atoms with Crippen molar-refractivity contribution in [2.24, 2.45) is 0 Å². The van der Waals surface area contributed by atoms with E-state index in [1.165, 1.54) is 17.6 Å². The molecule has 1 amide bonds. The minimum atomic E-state index is -0.0302. The van der Waals surface area contributed by atoms with Gasteiger partial charge in [0.15, 0.2) is 0 Å². The van der Waals surface area contributed by atoms with Crippen LogP contribution in [0.15, 0.2) is 65.8 Å². The molecule has 128 valence electrons. The van der Waals surface area contributed by atoms with Crippen LogP contribution in [0, 0.1) is 0 Å². The first-order valence-corrected chi connectivity index (χ1v) is 8.98. The maximum absolute atomic E-state index is 12.6. The second-order valence-electron chi connectivity index (χ2n) is 5.46. The Kier molecular flexibility index (Phi) is 5.68. The molecule has 2 aromatic heterocycles. The van der Waals surface area contributed by atoms with Gasteiger partial charge in [-0.1, -0.05) is 35.9 Å². The van der Waals surface area contributed by atoms with Crippen molar-refractivity contribution in [3.63, 3.8) is 0 Å². The number of oxazole rings is 1. The minimum absolute atomic E-state index is 0.0302. The van der Waals surface area contributed by atoms with Crippen molar-refractivity contribution in [1.82, 2.24) is 9.88 Å². The van der Waals surface area contributed by atoms with Gasteiger partial charge in [0.05, 0.1) is 23.0 Å². The van der Waals surface area contributed by atoms with Gasteiger partial charge in [-0.3, -0.25) is 4.79 Å². The molecule has 0 aliphatic carbocycles. The fraction of sp³-hybridized carbons (Fsp3) is 0.158. The molecule has 0 aliphatic heterocycles. The molecule has 3 aromatic rings. The third-order valence-corrected chi connectivity index (χ3v) is 4.80. The lowest BCUT2D eigenvalue weighted by Crippen LogP contribution is -2.31. The first-order chi connectivity index (χ1) is 12.2. The summed E-state index contributed by atoms with van der Waals surface area (Å²) in [6, 6.07) is 13.4. The SMILES string of the molecule is C=CCN(Cc1ccc(Cl)s1)C(=O)Cc1coc(-c2ccccc2)n1. The van der Waals surface area contributed by atoms with Crippen LogP contribution in [0.4, 0.5) is 0 Å². The average molecular weight is 373 g/mol. The van der Waals surface area contributed by atoms with Crippen LogP contribution >= 0.6 is 22.9 Å². The van der Waals surface area contributed by atoms with Crippen LogP contribution in [0.1, 0.15) is 10.6 Å². The fourth-order valence-electron chi connectivity index (χ4n) is 2.40. The minimum Gasteiger partial charge on any atom is -0.444 e. The first kappa shape index (κ1) is 17.5. The van der Waals surface area contributed by atoms with Gasteiger partial charge in [-0.25, -0.2) is 4.98 Å². The molecule has 0 unspecified atom stereocenters. The number of benzene rings is 1. The molecule has 0 aliphatic rings. The highest BCUT2D eigenvalue weighted by molar-refractivity contribution is 7.16. The van der Waals surface area contributed by atoms with Gasteiger partial charge >= 0.3 is 0 Å². The Hall–Kier alpha value is -2.37. The molecule has 3 rings (SSSR count). The Labute approximate surface area is 155 Å². The number of amides is 1. The van der Waals surface area contributed by atoms with E-state index in [1.807, 2.05) is 42.5 Å². The maximum atomic E-state index is 12.6. The van der Waals surface area contributed by atoms with E-state index in [2.05, 4.69) is 11.6 Å². The van der Waals surface area contributed by atoms with E-state index in [-0.39, 0.29) is 12.3 Å². The molecule has 0 N–H and O–H groups in total. The number of nitrogens with zero attached hydrogens (tertiary/aromatic N) is 2. The summed E-state index contributed by atoms with van der Waals surface area (Å²) in [5, 5.41) is 0. The number of carbonyl (C=O) groups excluding carboxylic acids is 1. The van der Waals surface area contributed by atoms with Crippen molar-refractivity contribution in [1.29, 1.82) is 0 Å². The number of aromatic nitrogens is 1. The summed E-state index contributed by atoms with van der Waals surface area (Å²) in [6.45, 7) is 4.71. The van der Waals surface area contributed by atoms with Crippen molar-refractivity contribution in [2.75, 3.05) is 6.54 Å². The number of hydrogen-bond acceptors (Lipinski definition) is 4. The normalized spacial score (nSPS) is 10.6. The maximum Gasteiger partial charge on any atom is 0.229 e. The number of thiophene rings is 1. The second kappa shape index (κ2) is 8.14. The third kappa shape index (κ3) is 4.59. The lowest BCUT2D eigenvalue weighted by atomic mass is 10.2. The van der Waals surface area contributed by atoms with Gasteiger partial charge in [-0.15, -0.1) is 17.9 Å². The molecular formula is C19H17ClN2O2S. The highest BCUT2D eigenvalue weighted by Gasteiger charge is 2.17. The summed E-state index contributed by atoms with van der Waals surface area (Å²) in [5.74, 6) is 0.487. The number of rotatable bonds is 7. The Bertz CT molecular complexity index is 857. The van der Waals surface area contributed by atoms with Crippen LogP contribution in [-0.4, -0.2) is 22.3 Å². The van der Waals surface area contributed by atoms with Crippen molar-refractivity contribution < 1.29 is 9.21 Å². The number of carbonyl (C=O) groups is 1. The van der Waals surface area contributed by atoms with E-state index in [1.54, 1.807) is 11.0 Å². The summed E-state index contributed by atoms with van der Waals surface area (Å²) in [4.78, 5) is 19.8.